The summed E-state index contributed by atoms with van der Waals surface area (Å²) in [5.74, 6) is 0.927. The van der Waals surface area contributed by atoms with E-state index in [0.29, 0.717) is 6.61 Å². The van der Waals surface area contributed by atoms with E-state index in [9.17, 15) is 0 Å². The van der Waals surface area contributed by atoms with Gasteiger partial charge in [-0.1, -0.05) is 49.4 Å². The highest BCUT2D eigenvalue weighted by molar-refractivity contribution is 5.28. The second kappa shape index (κ2) is 7.59. The highest BCUT2D eigenvalue weighted by Gasteiger charge is 1.97. The SMILES string of the molecule is CCNCCc1ccc(OCc2ccccc2)cc1. The fourth-order valence-corrected chi connectivity index (χ4v) is 1.90. The molecule has 0 saturated heterocycles. The van der Waals surface area contributed by atoms with Gasteiger partial charge in [-0.2, -0.15) is 0 Å². The van der Waals surface area contributed by atoms with Crippen LogP contribution in [0.25, 0.3) is 0 Å². The van der Waals surface area contributed by atoms with Crippen LogP contribution in [0.1, 0.15) is 18.1 Å². The second-order valence-electron chi connectivity index (χ2n) is 4.52. The lowest BCUT2D eigenvalue weighted by atomic mass is 10.1. The van der Waals surface area contributed by atoms with E-state index < -0.39 is 0 Å². The van der Waals surface area contributed by atoms with Crippen LogP contribution in [-0.4, -0.2) is 13.1 Å². The first-order valence-electron chi connectivity index (χ1n) is 6.85. The Labute approximate surface area is 115 Å². The maximum Gasteiger partial charge on any atom is 0.119 e. The first kappa shape index (κ1) is 13.6. The molecule has 0 heterocycles. The molecule has 2 rings (SSSR count). The summed E-state index contributed by atoms with van der Waals surface area (Å²) in [6.45, 7) is 4.80. The Hall–Kier alpha value is -1.80. The normalized spacial score (nSPS) is 10.4. The van der Waals surface area contributed by atoms with Crippen molar-refractivity contribution in [3.8, 4) is 5.75 Å². The number of rotatable bonds is 7. The molecule has 0 aliphatic rings. The van der Waals surface area contributed by atoms with Gasteiger partial charge in [0.25, 0.3) is 0 Å². The highest BCUT2D eigenvalue weighted by Crippen LogP contribution is 2.14. The zero-order valence-electron chi connectivity index (χ0n) is 11.4. The monoisotopic (exact) mass is 255 g/mol. The molecule has 0 aliphatic carbocycles. The molecule has 0 aliphatic heterocycles. The molecule has 0 bridgehead atoms. The molecule has 19 heavy (non-hydrogen) atoms. The third-order valence-corrected chi connectivity index (χ3v) is 3.01. The van der Waals surface area contributed by atoms with Crippen molar-refractivity contribution in [2.24, 2.45) is 0 Å². The molecule has 0 radical (unpaired) electrons. The predicted molar refractivity (Wildman–Crippen MR) is 79.5 cm³/mol. The Kier molecular flexibility index (Phi) is 5.45. The lowest BCUT2D eigenvalue weighted by molar-refractivity contribution is 0.306. The average molecular weight is 255 g/mol. The van der Waals surface area contributed by atoms with E-state index in [1.165, 1.54) is 11.1 Å². The Balaban J connectivity index is 1.81. The molecule has 0 saturated carbocycles. The summed E-state index contributed by atoms with van der Waals surface area (Å²) >= 11 is 0. The molecule has 0 unspecified atom stereocenters. The minimum Gasteiger partial charge on any atom is -0.489 e. The number of nitrogens with one attached hydrogen (secondary N) is 1. The molecule has 2 heteroatoms. The van der Waals surface area contributed by atoms with E-state index in [0.717, 1.165) is 25.3 Å². The van der Waals surface area contributed by atoms with Gasteiger partial charge in [-0.3, -0.25) is 0 Å². The molecule has 0 amide bonds. The van der Waals surface area contributed by atoms with Gasteiger partial charge in [0, 0.05) is 0 Å². The van der Waals surface area contributed by atoms with E-state index in [1.54, 1.807) is 0 Å². The minimum atomic E-state index is 0.623. The molecule has 2 nitrogen and oxygen atoms in total. The van der Waals surface area contributed by atoms with Gasteiger partial charge >= 0.3 is 0 Å². The van der Waals surface area contributed by atoms with Crippen LogP contribution < -0.4 is 10.1 Å². The minimum absolute atomic E-state index is 0.623. The van der Waals surface area contributed by atoms with Crippen molar-refractivity contribution in [2.75, 3.05) is 13.1 Å². The van der Waals surface area contributed by atoms with Crippen LogP contribution in [-0.2, 0) is 13.0 Å². The van der Waals surface area contributed by atoms with Crippen LogP contribution >= 0.6 is 0 Å². The second-order valence-corrected chi connectivity index (χ2v) is 4.52. The van der Waals surface area contributed by atoms with Gasteiger partial charge in [-0.15, -0.1) is 0 Å². The number of hydrogen-bond acceptors (Lipinski definition) is 2. The fraction of sp³-hybridized carbons (Fsp3) is 0.294. The first-order chi connectivity index (χ1) is 9.38. The van der Waals surface area contributed by atoms with E-state index in [1.807, 2.05) is 30.3 Å². The molecule has 1 N–H and O–H groups in total. The Morgan fingerprint density at radius 2 is 1.63 bits per heavy atom. The summed E-state index contributed by atoms with van der Waals surface area (Å²) in [7, 11) is 0. The van der Waals surface area contributed by atoms with Gasteiger partial charge in [0.15, 0.2) is 0 Å². The van der Waals surface area contributed by atoms with Crippen molar-refractivity contribution in [1.82, 2.24) is 5.32 Å². The molecule has 2 aromatic carbocycles. The Bertz CT molecular complexity index is 464. The predicted octanol–water partition coefficient (Wildman–Crippen LogP) is 3.42. The van der Waals surface area contributed by atoms with Gasteiger partial charge in [0.1, 0.15) is 12.4 Å². The van der Waals surface area contributed by atoms with Crippen LogP contribution in [0.3, 0.4) is 0 Å². The summed E-state index contributed by atoms with van der Waals surface area (Å²) in [5, 5.41) is 3.33. The van der Waals surface area contributed by atoms with E-state index in [4.69, 9.17) is 4.74 Å². The van der Waals surface area contributed by atoms with Crippen LogP contribution in [0.15, 0.2) is 54.6 Å². The highest BCUT2D eigenvalue weighted by atomic mass is 16.5. The summed E-state index contributed by atoms with van der Waals surface area (Å²) in [4.78, 5) is 0. The number of ether oxygens (including phenoxy) is 1. The maximum absolute atomic E-state index is 5.76. The van der Waals surface area contributed by atoms with Crippen LogP contribution in [0, 0.1) is 0 Å². The quantitative estimate of drug-likeness (QED) is 0.765. The third kappa shape index (κ3) is 4.76. The van der Waals surface area contributed by atoms with Crippen molar-refractivity contribution in [1.29, 1.82) is 0 Å². The summed E-state index contributed by atoms with van der Waals surface area (Å²) in [6, 6.07) is 18.6. The topological polar surface area (TPSA) is 21.3 Å². The molecule has 0 atom stereocenters. The van der Waals surface area contributed by atoms with Gasteiger partial charge in [-0.05, 0) is 42.8 Å². The zero-order valence-corrected chi connectivity index (χ0v) is 11.4. The van der Waals surface area contributed by atoms with Crippen LogP contribution in [0.5, 0.6) is 5.75 Å². The summed E-state index contributed by atoms with van der Waals surface area (Å²) < 4.78 is 5.76. The smallest absolute Gasteiger partial charge is 0.119 e. The first-order valence-corrected chi connectivity index (χ1v) is 6.85. The van der Waals surface area contributed by atoms with Crippen LogP contribution in [0.2, 0.25) is 0 Å². The van der Waals surface area contributed by atoms with Gasteiger partial charge in [0.05, 0.1) is 0 Å². The number of likely N-dealkylation sites (N-methyl/N-ethyl adjacent to an activating group) is 1. The summed E-state index contributed by atoms with van der Waals surface area (Å²) in [6.07, 6.45) is 1.06. The zero-order chi connectivity index (χ0) is 13.3. The molecular weight excluding hydrogens is 234 g/mol. The standard InChI is InChI=1S/C17H21NO/c1-2-18-13-12-15-8-10-17(11-9-15)19-14-16-6-4-3-5-7-16/h3-11,18H,2,12-14H2,1H3. The van der Waals surface area contributed by atoms with Gasteiger partial charge < -0.3 is 10.1 Å². The van der Waals surface area contributed by atoms with Crippen molar-refractivity contribution < 1.29 is 4.74 Å². The molecule has 0 spiro atoms. The van der Waals surface area contributed by atoms with Crippen molar-refractivity contribution >= 4 is 0 Å². The van der Waals surface area contributed by atoms with Crippen molar-refractivity contribution in [2.45, 2.75) is 20.0 Å². The van der Waals surface area contributed by atoms with E-state index in [-0.39, 0.29) is 0 Å². The Morgan fingerprint density at radius 1 is 0.895 bits per heavy atom. The maximum atomic E-state index is 5.76. The molecule has 0 aromatic heterocycles. The van der Waals surface area contributed by atoms with Crippen molar-refractivity contribution in [3.05, 3.63) is 65.7 Å². The Morgan fingerprint density at radius 3 is 2.32 bits per heavy atom. The lowest BCUT2D eigenvalue weighted by Crippen LogP contribution is -2.15. The lowest BCUT2D eigenvalue weighted by Gasteiger charge is -2.07. The fourth-order valence-electron chi connectivity index (χ4n) is 1.90. The van der Waals surface area contributed by atoms with Crippen LogP contribution in [0.4, 0.5) is 0 Å². The van der Waals surface area contributed by atoms with E-state index in [2.05, 4.69) is 36.5 Å². The number of hydrogen-bond donors (Lipinski definition) is 1. The third-order valence-electron chi connectivity index (χ3n) is 3.01. The molecule has 0 fully saturated rings. The number of benzene rings is 2. The van der Waals surface area contributed by atoms with Crippen molar-refractivity contribution in [3.63, 3.8) is 0 Å². The summed E-state index contributed by atoms with van der Waals surface area (Å²) in [5.41, 5.74) is 2.53. The largest absolute Gasteiger partial charge is 0.489 e. The molecule has 2 aromatic rings. The van der Waals surface area contributed by atoms with Gasteiger partial charge in [0.2, 0.25) is 0 Å². The van der Waals surface area contributed by atoms with E-state index >= 15 is 0 Å². The van der Waals surface area contributed by atoms with Gasteiger partial charge in [-0.25, -0.2) is 0 Å². The average Bonchev–Trinajstić information content (AvgIpc) is 2.48. The molecule has 100 valence electrons. The molecular formula is C17H21NO.